The molecule has 2 aliphatic heterocycles. The number of carbonyl (C=O) groups is 1. The number of likely N-dealkylation sites (tertiary alicyclic amines) is 1. The van der Waals surface area contributed by atoms with Gasteiger partial charge >= 0.3 is 0 Å². The maximum absolute atomic E-state index is 12.1. The molecule has 3 rings (SSSR count). The number of benzene rings is 1. The number of hydrogen-bond donors (Lipinski definition) is 1. The van der Waals surface area contributed by atoms with Gasteiger partial charge < -0.3 is 15.1 Å². The van der Waals surface area contributed by atoms with Crippen LogP contribution in [-0.2, 0) is 11.3 Å². The molecule has 0 aromatic heterocycles. The van der Waals surface area contributed by atoms with E-state index in [1.54, 1.807) is 6.92 Å². The Balaban J connectivity index is 1.40. The molecule has 1 unspecified atom stereocenters. The molecule has 1 amide bonds. The van der Waals surface area contributed by atoms with Gasteiger partial charge in [0.15, 0.2) is 0 Å². The van der Waals surface area contributed by atoms with E-state index in [1.165, 1.54) is 51.1 Å². The highest BCUT2D eigenvalue weighted by Crippen LogP contribution is 2.24. The molecule has 4 nitrogen and oxygen atoms in total. The van der Waals surface area contributed by atoms with Crippen molar-refractivity contribution in [1.82, 2.24) is 15.1 Å². The number of carbonyl (C=O) groups excluding carboxylic acids is 1. The van der Waals surface area contributed by atoms with Crippen molar-refractivity contribution in [3.8, 4) is 0 Å². The Morgan fingerprint density at radius 1 is 1.22 bits per heavy atom. The third kappa shape index (κ3) is 6.30. The van der Waals surface area contributed by atoms with Crippen LogP contribution in [0.1, 0.15) is 38.7 Å². The molecule has 2 fully saturated rings. The van der Waals surface area contributed by atoms with E-state index in [2.05, 4.69) is 45.2 Å². The molecule has 0 saturated carbocycles. The maximum Gasteiger partial charge on any atom is 0.219 e. The number of hydrogen-bond acceptors (Lipinski definition) is 3. The summed E-state index contributed by atoms with van der Waals surface area (Å²) in [5, 5.41) is 3.52. The molecule has 1 aromatic carbocycles. The molecule has 0 spiro atoms. The van der Waals surface area contributed by atoms with Crippen molar-refractivity contribution in [1.29, 1.82) is 0 Å². The van der Waals surface area contributed by atoms with Crippen LogP contribution in [0.4, 0.5) is 0 Å². The Morgan fingerprint density at radius 2 is 1.93 bits per heavy atom. The number of piperidine rings is 1. The molecular formula is C22H34BrN3O. The van der Waals surface area contributed by atoms with Gasteiger partial charge in [-0.2, -0.15) is 0 Å². The van der Waals surface area contributed by atoms with Crippen molar-refractivity contribution < 1.29 is 4.79 Å². The molecule has 150 valence electrons. The molecule has 2 atom stereocenters. The minimum atomic E-state index is 0.179. The third-order valence-electron chi connectivity index (χ3n) is 6.42. The molecule has 0 radical (unpaired) electrons. The van der Waals surface area contributed by atoms with Crippen LogP contribution in [0.3, 0.4) is 0 Å². The number of amides is 1. The summed E-state index contributed by atoms with van der Waals surface area (Å²) in [6.07, 6.45) is 3.68. The molecule has 5 heteroatoms. The first kappa shape index (κ1) is 20.8. The quantitative estimate of drug-likeness (QED) is 0.707. The number of nitrogens with one attached hydrogen (secondary N) is 1. The highest BCUT2D eigenvalue weighted by Gasteiger charge is 2.27. The van der Waals surface area contributed by atoms with Crippen LogP contribution in [0.25, 0.3) is 0 Å². The van der Waals surface area contributed by atoms with E-state index >= 15 is 0 Å². The van der Waals surface area contributed by atoms with E-state index in [9.17, 15) is 4.79 Å². The van der Waals surface area contributed by atoms with E-state index in [4.69, 9.17) is 0 Å². The van der Waals surface area contributed by atoms with E-state index < -0.39 is 0 Å². The minimum Gasteiger partial charge on any atom is -0.339 e. The normalized spacial score (nSPS) is 24.3. The minimum absolute atomic E-state index is 0.179. The van der Waals surface area contributed by atoms with Crippen LogP contribution in [0.2, 0.25) is 0 Å². The fourth-order valence-corrected chi connectivity index (χ4v) is 4.66. The van der Waals surface area contributed by atoms with Crippen molar-refractivity contribution >= 4 is 21.8 Å². The second kappa shape index (κ2) is 10.0. The highest BCUT2D eigenvalue weighted by molar-refractivity contribution is 9.10. The fourth-order valence-electron chi connectivity index (χ4n) is 4.39. The zero-order valence-corrected chi connectivity index (χ0v) is 18.4. The smallest absolute Gasteiger partial charge is 0.219 e. The molecule has 2 saturated heterocycles. The number of halogens is 1. The summed E-state index contributed by atoms with van der Waals surface area (Å²) < 4.78 is 1.08. The van der Waals surface area contributed by atoms with Gasteiger partial charge in [-0.25, -0.2) is 0 Å². The van der Waals surface area contributed by atoms with Gasteiger partial charge in [0.05, 0.1) is 0 Å². The van der Waals surface area contributed by atoms with Crippen LogP contribution in [0, 0.1) is 17.8 Å². The van der Waals surface area contributed by atoms with Crippen molar-refractivity contribution in [3.63, 3.8) is 0 Å². The van der Waals surface area contributed by atoms with Crippen molar-refractivity contribution in [2.75, 3.05) is 39.3 Å². The molecule has 1 aromatic rings. The summed E-state index contributed by atoms with van der Waals surface area (Å²) in [5.74, 6) is 2.57. The monoisotopic (exact) mass is 435 g/mol. The third-order valence-corrected chi connectivity index (χ3v) is 6.95. The first-order chi connectivity index (χ1) is 13.0. The molecular weight excluding hydrogens is 402 g/mol. The summed E-state index contributed by atoms with van der Waals surface area (Å²) in [6, 6.07) is 8.28. The lowest BCUT2D eigenvalue weighted by Crippen LogP contribution is -2.39. The van der Waals surface area contributed by atoms with Gasteiger partial charge in [-0.3, -0.25) is 4.79 Å². The van der Waals surface area contributed by atoms with E-state index in [0.717, 1.165) is 35.2 Å². The maximum atomic E-state index is 12.1. The van der Waals surface area contributed by atoms with E-state index in [-0.39, 0.29) is 5.91 Å². The predicted molar refractivity (Wildman–Crippen MR) is 115 cm³/mol. The lowest BCUT2D eigenvalue weighted by atomic mass is 9.91. The zero-order valence-electron chi connectivity index (χ0n) is 16.8. The van der Waals surface area contributed by atoms with Gasteiger partial charge in [-0.1, -0.05) is 35.0 Å². The van der Waals surface area contributed by atoms with Crippen molar-refractivity contribution in [2.24, 2.45) is 17.8 Å². The van der Waals surface area contributed by atoms with Crippen LogP contribution in [-0.4, -0.2) is 55.0 Å². The van der Waals surface area contributed by atoms with Crippen LogP contribution in [0.15, 0.2) is 28.7 Å². The first-order valence-electron chi connectivity index (χ1n) is 10.4. The molecule has 1 N–H and O–H groups in total. The average Bonchev–Trinajstić information content (AvgIpc) is 3.06. The second-order valence-corrected chi connectivity index (χ2v) is 9.41. The molecule has 27 heavy (non-hydrogen) atoms. The number of rotatable bonds is 7. The second-order valence-electron chi connectivity index (χ2n) is 8.50. The van der Waals surface area contributed by atoms with Gasteiger partial charge in [-0.15, -0.1) is 0 Å². The Bertz CT molecular complexity index is 598. The first-order valence-corrected chi connectivity index (χ1v) is 11.2. The summed E-state index contributed by atoms with van der Waals surface area (Å²) in [7, 11) is 0. The van der Waals surface area contributed by atoms with Gasteiger partial charge in [0, 0.05) is 31.0 Å². The lowest BCUT2D eigenvalue weighted by Gasteiger charge is -2.35. The average molecular weight is 436 g/mol. The number of nitrogens with zero attached hydrogens (tertiary/aromatic N) is 2. The van der Waals surface area contributed by atoms with Gasteiger partial charge in [0.1, 0.15) is 0 Å². The summed E-state index contributed by atoms with van der Waals surface area (Å²) in [5.41, 5.74) is 1.20. The fraction of sp³-hybridized carbons (Fsp3) is 0.682. The zero-order chi connectivity index (χ0) is 19.2. The predicted octanol–water partition coefficient (Wildman–Crippen LogP) is 3.76. The van der Waals surface area contributed by atoms with Gasteiger partial charge in [-0.05, 0) is 80.9 Å². The Labute approximate surface area is 172 Å². The van der Waals surface area contributed by atoms with Crippen LogP contribution in [0.5, 0.6) is 0 Å². The van der Waals surface area contributed by atoms with Gasteiger partial charge in [0.2, 0.25) is 5.91 Å². The lowest BCUT2D eigenvalue weighted by molar-refractivity contribution is -0.129. The summed E-state index contributed by atoms with van der Waals surface area (Å²) in [4.78, 5) is 16.7. The topological polar surface area (TPSA) is 35.6 Å². The SMILES string of the molecule is CC(=O)N(CCC1CCN(C[C@H]2CNCC2C)CC1)Cc1ccc(Br)cc1. The van der Waals surface area contributed by atoms with E-state index in [0.29, 0.717) is 6.54 Å². The largest absolute Gasteiger partial charge is 0.339 e. The van der Waals surface area contributed by atoms with Gasteiger partial charge in [0.25, 0.3) is 0 Å². The molecule has 2 heterocycles. The van der Waals surface area contributed by atoms with Crippen LogP contribution < -0.4 is 5.32 Å². The summed E-state index contributed by atoms with van der Waals surface area (Å²) in [6.45, 7) is 11.7. The highest BCUT2D eigenvalue weighted by atomic mass is 79.9. The Morgan fingerprint density at radius 3 is 2.52 bits per heavy atom. The van der Waals surface area contributed by atoms with Crippen molar-refractivity contribution in [2.45, 2.75) is 39.7 Å². The Hall–Kier alpha value is -0.910. The van der Waals surface area contributed by atoms with Crippen molar-refractivity contribution in [3.05, 3.63) is 34.3 Å². The molecule has 0 bridgehead atoms. The van der Waals surface area contributed by atoms with Crippen LogP contribution >= 0.6 is 15.9 Å². The standard InChI is InChI=1S/C22H34BrN3O/c1-17-13-24-14-21(17)16-25-10-7-19(8-11-25)9-12-26(18(2)27)15-20-3-5-22(23)6-4-20/h3-6,17,19,21,24H,7-16H2,1-2H3/t17?,21-/m1/s1. The molecule has 2 aliphatic rings. The molecule has 0 aliphatic carbocycles. The summed E-state index contributed by atoms with van der Waals surface area (Å²) >= 11 is 3.47. The Kier molecular flexibility index (Phi) is 7.74. The van der Waals surface area contributed by atoms with E-state index in [1.807, 2.05) is 17.0 Å².